The summed E-state index contributed by atoms with van der Waals surface area (Å²) in [6.45, 7) is 8.75. The second-order valence-electron chi connectivity index (χ2n) is 7.17. The minimum Gasteiger partial charge on any atom is -0.473 e. The van der Waals surface area contributed by atoms with Crippen LogP contribution < -0.4 is 15.4 Å². The van der Waals surface area contributed by atoms with Crippen molar-refractivity contribution in [3.63, 3.8) is 0 Å². The number of hydrogen-bond donors (Lipinski definition) is 2. The fraction of sp³-hybridized carbons (Fsp3) is 0.611. The molecule has 0 atom stereocenters. The van der Waals surface area contributed by atoms with E-state index < -0.39 is 0 Å². The third-order valence-corrected chi connectivity index (χ3v) is 4.09. The highest BCUT2D eigenvalue weighted by atomic mass is 16.5. The zero-order chi connectivity index (χ0) is 16.2. The maximum Gasteiger partial charge on any atom is 0.317 e. The summed E-state index contributed by atoms with van der Waals surface area (Å²) in [4.78, 5) is 11.8. The molecule has 2 amide bonds. The average molecular weight is 304 g/mol. The largest absolute Gasteiger partial charge is 0.473 e. The first-order chi connectivity index (χ1) is 10.4. The van der Waals surface area contributed by atoms with Crippen LogP contribution in [0.5, 0.6) is 5.75 Å². The molecule has 2 rings (SSSR count). The molecule has 0 heterocycles. The summed E-state index contributed by atoms with van der Waals surface area (Å²) in [5, 5.41) is 5.77. The molecule has 0 saturated heterocycles. The topological polar surface area (TPSA) is 50.4 Å². The predicted molar refractivity (Wildman–Crippen MR) is 89.3 cm³/mol. The summed E-state index contributed by atoms with van der Waals surface area (Å²) in [5.74, 6) is 0.833. The predicted octanol–water partition coefficient (Wildman–Crippen LogP) is 3.87. The highest BCUT2D eigenvalue weighted by Crippen LogP contribution is 2.31. The summed E-state index contributed by atoms with van der Waals surface area (Å²) in [5.41, 5.74) is 2.38. The molecule has 2 N–H and O–H groups in total. The SMILES string of the molecule is Cc1ccc(OCNC(=O)NC2CCCC2)c(C(C)(C)C)c1. The van der Waals surface area contributed by atoms with Crippen LogP contribution >= 0.6 is 0 Å². The van der Waals surface area contributed by atoms with Gasteiger partial charge in [-0.05, 0) is 36.8 Å². The molecule has 1 aromatic rings. The number of urea groups is 1. The first-order valence-corrected chi connectivity index (χ1v) is 8.14. The lowest BCUT2D eigenvalue weighted by Crippen LogP contribution is -2.42. The number of hydrogen-bond acceptors (Lipinski definition) is 2. The van der Waals surface area contributed by atoms with Gasteiger partial charge in [0.2, 0.25) is 0 Å². The minimum atomic E-state index is -0.142. The van der Waals surface area contributed by atoms with Crippen molar-refractivity contribution in [2.75, 3.05) is 6.73 Å². The van der Waals surface area contributed by atoms with Crippen LogP contribution in [-0.4, -0.2) is 18.8 Å². The van der Waals surface area contributed by atoms with Crippen LogP contribution in [0.2, 0.25) is 0 Å². The number of ether oxygens (including phenoxy) is 1. The normalized spacial score (nSPS) is 15.6. The number of nitrogens with one attached hydrogen (secondary N) is 2. The molecular formula is C18H28N2O2. The number of benzene rings is 1. The van der Waals surface area contributed by atoms with E-state index in [2.05, 4.69) is 44.4 Å². The van der Waals surface area contributed by atoms with Crippen molar-refractivity contribution in [3.8, 4) is 5.75 Å². The Hall–Kier alpha value is -1.71. The van der Waals surface area contributed by atoms with Crippen LogP contribution in [0.25, 0.3) is 0 Å². The van der Waals surface area contributed by atoms with E-state index in [9.17, 15) is 4.79 Å². The minimum absolute atomic E-state index is 0.00740. The number of carbonyl (C=O) groups is 1. The van der Waals surface area contributed by atoms with Crippen LogP contribution in [0.4, 0.5) is 4.79 Å². The highest BCUT2D eigenvalue weighted by molar-refractivity contribution is 5.74. The second kappa shape index (κ2) is 7.03. The molecule has 0 spiro atoms. The molecule has 1 aromatic carbocycles. The first-order valence-electron chi connectivity index (χ1n) is 8.14. The third kappa shape index (κ3) is 4.65. The Labute approximate surface area is 133 Å². The van der Waals surface area contributed by atoms with Crippen molar-refractivity contribution < 1.29 is 9.53 Å². The van der Waals surface area contributed by atoms with E-state index in [-0.39, 0.29) is 18.2 Å². The molecule has 0 unspecified atom stereocenters. The van der Waals surface area contributed by atoms with Crippen molar-refractivity contribution in [1.82, 2.24) is 10.6 Å². The van der Waals surface area contributed by atoms with Gasteiger partial charge in [0.15, 0.2) is 6.73 Å². The van der Waals surface area contributed by atoms with Gasteiger partial charge in [0.05, 0.1) is 0 Å². The number of carbonyl (C=O) groups excluding carboxylic acids is 1. The maximum atomic E-state index is 11.8. The van der Waals surface area contributed by atoms with Crippen molar-refractivity contribution in [1.29, 1.82) is 0 Å². The highest BCUT2D eigenvalue weighted by Gasteiger charge is 2.20. The Morgan fingerprint density at radius 3 is 2.59 bits per heavy atom. The number of amides is 2. The monoisotopic (exact) mass is 304 g/mol. The van der Waals surface area contributed by atoms with Crippen molar-refractivity contribution >= 4 is 6.03 Å². The van der Waals surface area contributed by atoms with E-state index >= 15 is 0 Å². The van der Waals surface area contributed by atoms with Gasteiger partial charge in [0, 0.05) is 6.04 Å². The zero-order valence-corrected chi connectivity index (χ0v) is 14.2. The molecular weight excluding hydrogens is 276 g/mol. The summed E-state index contributed by atoms with van der Waals surface area (Å²) >= 11 is 0. The van der Waals surface area contributed by atoms with Gasteiger partial charge in [-0.3, -0.25) is 0 Å². The number of aryl methyl sites for hydroxylation is 1. The molecule has 4 nitrogen and oxygen atoms in total. The zero-order valence-electron chi connectivity index (χ0n) is 14.2. The van der Waals surface area contributed by atoms with E-state index in [1.807, 2.05) is 12.1 Å². The molecule has 1 saturated carbocycles. The van der Waals surface area contributed by atoms with Crippen LogP contribution in [0, 0.1) is 6.92 Å². The molecule has 0 aliphatic heterocycles. The van der Waals surface area contributed by atoms with E-state index in [0.29, 0.717) is 6.04 Å². The van der Waals surface area contributed by atoms with E-state index in [1.165, 1.54) is 18.4 Å². The molecule has 0 radical (unpaired) electrons. The van der Waals surface area contributed by atoms with Crippen molar-refractivity contribution in [3.05, 3.63) is 29.3 Å². The molecule has 1 aliphatic carbocycles. The third-order valence-electron chi connectivity index (χ3n) is 4.09. The first kappa shape index (κ1) is 16.7. The average Bonchev–Trinajstić information content (AvgIpc) is 2.92. The molecule has 1 aliphatic rings. The summed E-state index contributed by atoms with van der Waals surface area (Å²) in [7, 11) is 0. The van der Waals surface area contributed by atoms with Crippen LogP contribution in [0.1, 0.15) is 57.6 Å². The van der Waals surface area contributed by atoms with Crippen LogP contribution in [0.15, 0.2) is 18.2 Å². The van der Waals surface area contributed by atoms with E-state index in [4.69, 9.17) is 4.74 Å². The summed E-state index contributed by atoms with van der Waals surface area (Å²) in [6.07, 6.45) is 4.58. The van der Waals surface area contributed by atoms with Crippen LogP contribution in [-0.2, 0) is 5.41 Å². The standard InChI is InChI=1S/C18H28N2O2/c1-13-9-10-16(15(11-13)18(2,3)4)22-12-19-17(21)20-14-7-5-6-8-14/h9-11,14H,5-8,12H2,1-4H3,(H2,19,20,21). The Bertz CT molecular complexity index is 514. The second-order valence-corrected chi connectivity index (χ2v) is 7.17. The van der Waals surface area contributed by atoms with Gasteiger partial charge in [0.25, 0.3) is 0 Å². The number of rotatable bonds is 4. The Morgan fingerprint density at radius 1 is 1.27 bits per heavy atom. The van der Waals surface area contributed by atoms with Gasteiger partial charge in [-0.2, -0.15) is 0 Å². The van der Waals surface area contributed by atoms with Crippen LogP contribution in [0.3, 0.4) is 0 Å². The Morgan fingerprint density at radius 2 is 1.95 bits per heavy atom. The molecule has 22 heavy (non-hydrogen) atoms. The quantitative estimate of drug-likeness (QED) is 0.830. The van der Waals surface area contributed by atoms with Gasteiger partial charge in [0.1, 0.15) is 5.75 Å². The molecule has 4 heteroatoms. The lowest BCUT2D eigenvalue weighted by molar-refractivity contribution is 0.219. The molecule has 0 aromatic heterocycles. The van der Waals surface area contributed by atoms with Gasteiger partial charge in [-0.15, -0.1) is 0 Å². The lowest BCUT2D eigenvalue weighted by Gasteiger charge is -2.23. The van der Waals surface area contributed by atoms with Crippen molar-refractivity contribution in [2.24, 2.45) is 0 Å². The lowest BCUT2D eigenvalue weighted by atomic mass is 9.85. The van der Waals surface area contributed by atoms with Gasteiger partial charge >= 0.3 is 6.03 Å². The molecule has 0 bridgehead atoms. The maximum absolute atomic E-state index is 11.8. The molecule has 1 fully saturated rings. The Kier molecular flexibility index (Phi) is 5.33. The van der Waals surface area contributed by atoms with Gasteiger partial charge in [-0.1, -0.05) is 51.3 Å². The van der Waals surface area contributed by atoms with E-state index in [0.717, 1.165) is 24.2 Å². The van der Waals surface area contributed by atoms with Gasteiger partial charge < -0.3 is 15.4 Å². The van der Waals surface area contributed by atoms with Gasteiger partial charge in [-0.25, -0.2) is 4.79 Å². The van der Waals surface area contributed by atoms with Crippen molar-refractivity contribution in [2.45, 2.75) is 64.8 Å². The summed E-state index contributed by atoms with van der Waals surface area (Å²) < 4.78 is 5.78. The smallest absolute Gasteiger partial charge is 0.317 e. The fourth-order valence-corrected chi connectivity index (χ4v) is 2.84. The summed E-state index contributed by atoms with van der Waals surface area (Å²) in [6, 6.07) is 6.34. The Balaban J connectivity index is 1.87. The molecule has 122 valence electrons. The van der Waals surface area contributed by atoms with E-state index in [1.54, 1.807) is 0 Å². The fourth-order valence-electron chi connectivity index (χ4n) is 2.84.